The average molecular weight is 235 g/mol. The molecule has 1 N–H and O–H groups in total. The number of rotatable bonds is 5. The highest BCUT2D eigenvalue weighted by molar-refractivity contribution is 7.10. The fourth-order valence-corrected chi connectivity index (χ4v) is 2.76. The smallest absolute Gasteiger partial charge is 0.126 e. The summed E-state index contributed by atoms with van der Waals surface area (Å²) in [7, 11) is 0. The van der Waals surface area contributed by atoms with Gasteiger partial charge in [0, 0.05) is 4.88 Å². The Balaban J connectivity index is 2.25. The molecule has 1 unspecified atom stereocenters. The SMILES string of the molecule is CCCNC(c1ccco1)c1sccc1C. The van der Waals surface area contributed by atoms with Crippen molar-refractivity contribution in [3.63, 3.8) is 0 Å². The van der Waals surface area contributed by atoms with Crippen LogP contribution in [0.1, 0.15) is 35.6 Å². The minimum absolute atomic E-state index is 0.204. The predicted molar refractivity (Wildman–Crippen MR) is 67.9 cm³/mol. The van der Waals surface area contributed by atoms with Gasteiger partial charge < -0.3 is 9.73 Å². The molecule has 0 aliphatic rings. The van der Waals surface area contributed by atoms with Gasteiger partial charge in [0.2, 0.25) is 0 Å². The van der Waals surface area contributed by atoms with E-state index in [1.54, 1.807) is 17.6 Å². The van der Waals surface area contributed by atoms with E-state index in [1.165, 1.54) is 10.4 Å². The van der Waals surface area contributed by atoms with E-state index >= 15 is 0 Å². The number of furan rings is 1. The summed E-state index contributed by atoms with van der Waals surface area (Å²) in [6, 6.07) is 6.34. The molecule has 0 amide bonds. The number of thiophene rings is 1. The maximum Gasteiger partial charge on any atom is 0.126 e. The van der Waals surface area contributed by atoms with Crippen LogP contribution in [-0.2, 0) is 0 Å². The molecule has 2 nitrogen and oxygen atoms in total. The van der Waals surface area contributed by atoms with Gasteiger partial charge in [-0.2, -0.15) is 0 Å². The quantitative estimate of drug-likeness (QED) is 0.854. The largest absolute Gasteiger partial charge is 0.467 e. The van der Waals surface area contributed by atoms with Gasteiger partial charge in [-0.15, -0.1) is 11.3 Å². The summed E-state index contributed by atoms with van der Waals surface area (Å²) in [5.74, 6) is 0.999. The molecule has 0 aliphatic heterocycles. The average Bonchev–Trinajstić information content (AvgIpc) is 2.91. The van der Waals surface area contributed by atoms with E-state index in [0.29, 0.717) is 0 Å². The van der Waals surface area contributed by atoms with Crippen LogP contribution in [0.15, 0.2) is 34.3 Å². The standard InChI is InChI=1S/C13H17NOS/c1-3-7-14-12(11-5-4-8-15-11)13-10(2)6-9-16-13/h4-6,8-9,12,14H,3,7H2,1-2H3. The molecule has 0 saturated heterocycles. The highest BCUT2D eigenvalue weighted by Gasteiger charge is 2.18. The molecule has 16 heavy (non-hydrogen) atoms. The minimum Gasteiger partial charge on any atom is -0.467 e. The van der Waals surface area contributed by atoms with E-state index in [9.17, 15) is 0 Å². The summed E-state index contributed by atoms with van der Waals surface area (Å²) in [4.78, 5) is 1.35. The summed E-state index contributed by atoms with van der Waals surface area (Å²) in [6.45, 7) is 5.32. The van der Waals surface area contributed by atoms with Crippen molar-refractivity contribution in [3.05, 3.63) is 46.0 Å². The van der Waals surface area contributed by atoms with Crippen LogP contribution in [0.5, 0.6) is 0 Å². The van der Waals surface area contributed by atoms with Gasteiger partial charge in [-0.25, -0.2) is 0 Å². The van der Waals surface area contributed by atoms with Crippen molar-refractivity contribution in [2.75, 3.05) is 6.54 Å². The maximum absolute atomic E-state index is 5.52. The summed E-state index contributed by atoms with van der Waals surface area (Å²) in [5, 5.41) is 5.66. The lowest BCUT2D eigenvalue weighted by Gasteiger charge is -2.15. The zero-order chi connectivity index (χ0) is 11.4. The third-order valence-electron chi connectivity index (χ3n) is 2.59. The maximum atomic E-state index is 5.52. The lowest BCUT2D eigenvalue weighted by atomic mass is 10.1. The van der Waals surface area contributed by atoms with Gasteiger partial charge in [0.25, 0.3) is 0 Å². The first kappa shape index (κ1) is 11.4. The van der Waals surface area contributed by atoms with E-state index in [1.807, 2.05) is 12.1 Å². The van der Waals surface area contributed by atoms with E-state index in [4.69, 9.17) is 4.42 Å². The highest BCUT2D eigenvalue weighted by Crippen LogP contribution is 2.29. The van der Waals surface area contributed by atoms with Crippen LogP contribution >= 0.6 is 11.3 Å². The molecule has 1 atom stereocenters. The van der Waals surface area contributed by atoms with Crippen molar-refractivity contribution >= 4 is 11.3 Å². The van der Waals surface area contributed by atoms with Crippen molar-refractivity contribution in [2.24, 2.45) is 0 Å². The molecular weight excluding hydrogens is 218 g/mol. The first-order chi connectivity index (χ1) is 7.83. The summed E-state index contributed by atoms with van der Waals surface area (Å²) >= 11 is 1.78. The van der Waals surface area contributed by atoms with Gasteiger partial charge in [0.15, 0.2) is 0 Å². The molecule has 0 radical (unpaired) electrons. The normalized spacial score (nSPS) is 12.9. The Labute approximate surface area is 100 Å². The van der Waals surface area contributed by atoms with E-state index < -0.39 is 0 Å². The topological polar surface area (TPSA) is 25.2 Å². The number of hydrogen-bond donors (Lipinski definition) is 1. The van der Waals surface area contributed by atoms with Crippen LogP contribution in [0.4, 0.5) is 0 Å². The number of aryl methyl sites for hydroxylation is 1. The third kappa shape index (κ3) is 2.36. The lowest BCUT2D eigenvalue weighted by Crippen LogP contribution is -2.22. The second-order valence-electron chi connectivity index (χ2n) is 3.87. The van der Waals surface area contributed by atoms with Crippen molar-refractivity contribution in [1.29, 1.82) is 0 Å². The molecule has 0 aliphatic carbocycles. The van der Waals surface area contributed by atoms with Crippen LogP contribution in [0.2, 0.25) is 0 Å². The fourth-order valence-electron chi connectivity index (χ4n) is 1.75. The molecule has 3 heteroatoms. The van der Waals surface area contributed by atoms with E-state index in [-0.39, 0.29) is 6.04 Å². The molecule has 0 aromatic carbocycles. The van der Waals surface area contributed by atoms with Crippen LogP contribution in [0.25, 0.3) is 0 Å². The zero-order valence-electron chi connectivity index (χ0n) is 9.69. The lowest BCUT2D eigenvalue weighted by molar-refractivity contribution is 0.449. The number of nitrogens with one attached hydrogen (secondary N) is 1. The Morgan fingerprint density at radius 2 is 2.31 bits per heavy atom. The molecule has 0 spiro atoms. The molecule has 2 rings (SSSR count). The Morgan fingerprint density at radius 3 is 2.88 bits per heavy atom. The van der Waals surface area contributed by atoms with E-state index in [2.05, 4.69) is 30.6 Å². The molecule has 86 valence electrons. The second-order valence-corrected chi connectivity index (χ2v) is 4.82. The second kappa shape index (κ2) is 5.32. The first-order valence-electron chi connectivity index (χ1n) is 5.63. The molecule has 0 saturated carbocycles. The summed E-state index contributed by atoms with van der Waals surface area (Å²) in [6.07, 6.45) is 2.86. The minimum atomic E-state index is 0.204. The van der Waals surface area contributed by atoms with Gasteiger partial charge >= 0.3 is 0 Å². The Kier molecular flexibility index (Phi) is 3.80. The van der Waals surface area contributed by atoms with Crippen molar-refractivity contribution in [1.82, 2.24) is 5.32 Å². The fraction of sp³-hybridized carbons (Fsp3) is 0.385. The molecular formula is C13H17NOS. The third-order valence-corrected chi connectivity index (χ3v) is 3.67. The van der Waals surface area contributed by atoms with Gasteiger partial charge in [0.05, 0.1) is 6.26 Å². The van der Waals surface area contributed by atoms with Crippen molar-refractivity contribution in [2.45, 2.75) is 26.3 Å². The van der Waals surface area contributed by atoms with Crippen LogP contribution in [-0.4, -0.2) is 6.54 Å². The molecule has 2 aromatic heterocycles. The zero-order valence-corrected chi connectivity index (χ0v) is 10.5. The van der Waals surface area contributed by atoms with Gasteiger partial charge in [-0.3, -0.25) is 0 Å². The van der Waals surface area contributed by atoms with Crippen molar-refractivity contribution in [3.8, 4) is 0 Å². The Morgan fingerprint density at radius 1 is 1.44 bits per heavy atom. The van der Waals surface area contributed by atoms with E-state index in [0.717, 1.165) is 18.7 Å². The monoisotopic (exact) mass is 235 g/mol. The molecule has 0 fully saturated rings. The Hall–Kier alpha value is -1.06. The highest BCUT2D eigenvalue weighted by atomic mass is 32.1. The Bertz CT molecular complexity index is 419. The van der Waals surface area contributed by atoms with Crippen LogP contribution in [0.3, 0.4) is 0 Å². The van der Waals surface area contributed by atoms with Crippen molar-refractivity contribution < 1.29 is 4.42 Å². The summed E-state index contributed by atoms with van der Waals surface area (Å²) in [5.41, 5.74) is 1.33. The number of hydrogen-bond acceptors (Lipinski definition) is 3. The van der Waals surface area contributed by atoms with Crippen LogP contribution in [0, 0.1) is 6.92 Å². The predicted octanol–water partition coefficient (Wildman–Crippen LogP) is 3.74. The van der Waals surface area contributed by atoms with Gasteiger partial charge in [0.1, 0.15) is 11.8 Å². The van der Waals surface area contributed by atoms with Gasteiger partial charge in [-0.05, 0) is 49.0 Å². The van der Waals surface area contributed by atoms with Crippen LogP contribution < -0.4 is 5.32 Å². The molecule has 0 bridgehead atoms. The van der Waals surface area contributed by atoms with Gasteiger partial charge in [-0.1, -0.05) is 6.92 Å². The summed E-state index contributed by atoms with van der Waals surface area (Å²) < 4.78 is 5.52. The first-order valence-corrected chi connectivity index (χ1v) is 6.51. The molecule has 2 aromatic rings. The molecule has 2 heterocycles.